The van der Waals surface area contributed by atoms with Crippen LogP contribution < -0.4 is 5.32 Å². The standard InChI is InChI=1S/C11H12F4N2O/c1-6(2)5-18-4-3-16-9-7(12)10(14)17-11(15)8(9)13/h1,3-5H2,2H3,(H,16,17). The molecule has 0 spiro atoms. The third kappa shape index (κ3) is 3.69. The topological polar surface area (TPSA) is 34.1 Å². The molecule has 100 valence electrons. The number of hydrogen-bond acceptors (Lipinski definition) is 3. The molecule has 3 nitrogen and oxygen atoms in total. The summed E-state index contributed by atoms with van der Waals surface area (Å²) in [4.78, 5) is 2.43. The molecule has 18 heavy (non-hydrogen) atoms. The third-order valence-corrected chi connectivity index (χ3v) is 1.89. The van der Waals surface area contributed by atoms with E-state index in [2.05, 4.69) is 16.9 Å². The lowest BCUT2D eigenvalue weighted by Crippen LogP contribution is -2.14. The Labute approximate surface area is 101 Å². The van der Waals surface area contributed by atoms with E-state index in [0.717, 1.165) is 5.57 Å². The Morgan fingerprint density at radius 3 is 2.28 bits per heavy atom. The second kappa shape index (κ2) is 6.34. The van der Waals surface area contributed by atoms with Crippen molar-refractivity contribution < 1.29 is 22.3 Å². The predicted octanol–water partition coefficient (Wildman–Crippen LogP) is 2.64. The van der Waals surface area contributed by atoms with Crippen LogP contribution in [0.2, 0.25) is 0 Å². The van der Waals surface area contributed by atoms with Gasteiger partial charge < -0.3 is 10.1 Å². The van der Waals surface area contributed by atoms with Crippen molar-refractivity contribution in [3.63, 3.8) is 0 Å². The SMILES string of the molecule is C=C(C)COCCNc1c(F)c(F)nc(F)c1F. The normalized spacial score (nSPS) is 10.5. The predicted molar refractivity (Wildman–Crippen MR) is 58.2 cm³/mol. The molecule has 7 heteroatoms. The summed E-state index contributed by atoms with van der Waals surface area (Å²) in [7, 11) is 0. The third-order valence-electron chi connectivity index (χ3n) is 1.89. The van der Waals surface area contributed by atoms with Gasteiger partial charge in [-0.25, -0.2) is 0 Å². The molecule has 1 aromatic rings. The highest BCUT2D eigenvalue weighted by Crippen LogP contribution is 2.21. The average molecular weight is 264 g/mol. The molecule has 0 bridgehead atoms. The summed E-state index contributed by atoms with van der Waals surface area (Å²) in [5.41, 5.74) is -0.104. The second-order valence-electron chi connectivity index (χ2n) is 3.63. The molecular formula is C11H12F4N2O. The zero-order chi connectivity index (χ0) is 13.7. The van der Waals surface area contributed by atoms with Crippen LogP contribution in [0.4, 0.5) is 23.2 Å². The van der Waals surface area contributed by atoms with E-state index in [0.29, 0.717) is 6.61 Å². The van der Waals surface area contributed by atoms with Crippen LogP contribution in [-0.4, -0.2) is 24.7 Å². The van der Waals surface area contributed by atoms with Crippen molar-refractivity contribution >= 4 is 5.69 Å². The molecule has 0 atom stereocenters. The van der Waals surface area contributed by atoms with Gasteiger partial charge in [-0.05, 0) is 6.92 Å². The molecule has 1 N–H and O–H groups in total. The first-order chi connectivity index (χ1) is 8.43. The first-order valence-electron chi connectivity index (χ1n) is 5.09. The highest BCUT2D eigenvalue weighted by molar-refractivity contribution is 5.45. The molecule has 0 amide bonds. The minimum Gasteiger partial charge on any atom is -0.378 e. The number of anilines is 1. The number of nitrogens with one attached hydrogen (secondary N) is 1. The van der Waals surface area contributed by atoms with Gasteiger partial charge in [-0.3, -0.25) is 0 Å². The summed E-state index contributed by atoms with van der Waals surface area (Å²) in [6, 6.07) is 0. The number of ether oxygens (including phenoxy) is 1. The van der Waals surface area contributed by atoms with Crippen molar-refractivity contribution in [1.82, 2.24) is 4.98 Å². The Bertz CT molecular complexity index is 425. The average Bonchev–Trinajstić information content (AvgIpc) is 2.30. The van der Waals surface area contributed by atoms with Gasteiger partial charge in [0.25, 0.3) is 11.9 Å². The summed E-state index contributed by atoms with van der Waals surface area (Å²) in [6.45, 7) is 5.74. The number of hydrogen-bond donors (Lipinski definition) is 1. The van der Waals surface area contributed by atoms with Crippen LogP contribution in [0.5, 0.6) is 0 Å². The van der Waals surface area contributed by atoms with Gasteiger partial charge >= 0.3 is 0 Å². The number of nitrogens with zero attached hydrogens (tertiary/aromatic N) is 1. The number of rotatable bonds is 6. The molecule has 0 aromatic carbocycles. The fourth-order valence-corrected chi connectivity index (χ4v) is 1.14. The van der Waals surface area contributed by atoms with Gasteiger partial charge in [0.2, 0.25) is 11.6 Å². The van der Waals surface area contributed by atoms with Crippen molar-refractivity contribution in [2.24, 2.45) is 0 Å². The van der Waals surface area contributed by atoms with Crippen LogP contribution >= 0.6 is 0 Å². The molecule has 0 radical (unpaired) electrons. The molecule has 1 rings (SSSR count). The molecule has 0 aliphatic heterocycles. The molecular weight excluding hydrogens is 252 g/mol. The Balaban J connectivity index is 2.59. The van der Waals surface area contributed by atoms with Crippen LogP contribution in [0.15, 0.2) is 12.2 Å². The Morgan fingerprint density at radius 2 is 1.78 bits per heavy atom. The molecule has 0 unspecified atom stereocenters. The molecule has 1 aromatic heterocycles. The zero-order valence-electron chi connectivity index (χ0n) is 9.70. The largest absolute Gasteiger partial charge is 0.378 e. The molecule has 0 saturated carbocycles. The highest BCUT2D eigenvalue weighted by atomic mass is 19.2. The fourth-order valence-electron chi connectivity index (χ4n) is 1.14. The van der Waals surface area contributed by atoms with Crippen molar-refractivity contribution in [2.45, 2.75) is 6.92 Å². The van der Waals surface area contributed by atoms with E-state index in [1.807, 2.05) is 0 Å². The minimum atomic E-state index is -1.70. The molecule has 1 heterocycles. The first-order valence-corrected chi connectivity index (χ1v) is 5.09. The summed E-state index contributed by atoms with van der Waals surface area (Å²) in [5.74, 6) is -6.51. The Kier molecular flexibility index (Phi) is 5.08. The van der Waals surface area contributed by atoms with Crippen molar-refractivity contribution in [1.29, 1.82) is 0 Å². The van der Waals surface area contributed by atoms with E-state index in [9.17, 15) is 17.6 Å². The highest BCUT2D eigenvalue weighted by Gasteiger charge is 2.20. The maximum absolute atomic E-state index is 13.1. The van der Waals surface area contributed by atoms with Crippen LogP contribution in [0, 0.1) is 23.5 Å². The monoisotopic (exact) mass is 264 g/mol. The molecule has 0 fully saturated rings. The van der Waals surface area contributed by atoms with Gasteiger partial charge in [-0.2, -0.15) is 22.5 Å². The van der Waals surface area contributed by atoms with Crippen LogP contribution in [0.3, 0.4) is 0 Å². The fraction of sp³-hybridized carbons (Fsp3) is 0.364. The lowest BCUT2D eigenvalue weighted by Gasteiger charge is -2.09. The molecule has 0 saturated heterocycles. The maximum atomic E-state index is 13.1. The van der Waals surface area contributed by atoms with Gasteiger partial charge in [0.05, 0.1) is 13.2 Å². The number of halogens is 4. The van der Waals surface area contributed by atoms with Crippen LogP contribution in [0.25, 0.3) is 0 Å². The Hall–Kier alpha value is -1.63. The van der Waals surface area contributed by atoms with Crippen molar-refractivity contribution in [3.8, 4) is 0 Å². The van der Waals surface area contributed by atoms with E-state index in [-0.39, 0.29) is 13.2 Å². The number of pyridine rings is 1. The molecule has 0 aliphatic carbocycles. The number of aromatic nitrogens is 1. The van der Waals surface area contributed by atoms with E-state index in [4.69, 9.17) is 4.74 Å². The van der Waals surface area contributed by atoms with Crippen LogP contribution in [-0.2, 0) is 4.74 Å². The van der Waals surface area contributed by atoms with Gasteiger partial charge in [-0.1, -0.05) is 12.2 Å². The summed E-state index contributed by atoms with van der Waals surface area (Å²) >= 11 is 0. The Morgan fingerprint density at radius 1 is 1.22 bits per heavy atom. The van der Waals surface area contributed by atoms with Crippen molar-refractivity contribution in [2.75, 3.05) is 25.1 Å². The quantitative estimate of drug-likeness (QED) is 0.371. The van der Waals surface area contributed by atoms with Crippen LogP contribution in [0.1, 0.15) is 6.92 Å². The van der Waals surface area contributed by atoms with E-state index in [1.54, 1.807) is 6.92 Å². The first kappa shape index (κ1) is 14.4. The van der Waals surface area contributed by atoms with E-state index < -0.39 is 29.2 Å². The van der Waals surface area contributed by atoms with E-state index in [1.165, 1.54) is 0 Å². The van der Waals surface area contributed by atoms with E-state index >= 15 is 0 Å². The summed E-state index contributed by atoms with van der Waals surface area (Å²) in [5, 5.41) is 2.21. The van der Waals surface area contributed by atoms with Crippen molar-refractivity contribution in [3.05, 3.63) is 35.7 Å². The smallest absolute Gasteiger partial charge is 0.253 e. The van der Waals surface area contributed by atoms with Gasteiger partial charge in [0.1, 0.15) is 5.69 Å². The second-order valence-corrected chi connectivity index (χ2v) is 3.63. The lowest BCUT2D eigenvalue weighted by atomic mass is 10.3. The lowest BCUT2D eigenvalue weighted by molar-refractivity contribution is 0.167. The molecule has 0 aliphatic rings. The maximum Gasteiger partial charge on any atom is 0.253 e. The van der Waals surface area contributed by atoms with Gasteiger partial charge in [0, 0.05) is 6.54 Å². The van der Waals surface area contributed by atoms with Gasteiger partial charge in [-0.15, -0.1) is 0 Å². The van der Waals surface area contributed by atoms with Gasteiger partial charge in [0.15, 0.2) is 0 Å². The summed E-state index contributed by atoms with van der Waals surface area (Å²) < 4.78 is 56.7. The minimum absolute atomic E-state index is 0.00991. The zero-order valence-corrected chi connectivity index (χ0v) is 9.70. The summed E-state index contributed by atoms with van der Waals surface area (Å²) in [6.07, 6.45) is 0.